The summed E-state index contributed by atoms with van der Waals surface area (Å²) in [5.74, 6) is -0.773. The minimum atomic E-state index is -3.87. The second-order valence-electron chi connectivity index (χ2n) is 3.80. The largest absolute Gasteiger partial charge is 0.392 e. The lowest BCUT2D eigenvalue weighted by molar-refractivity contribution is -0.121. The Morgan fingerprint density at radius 2 is 2.35 bits per heavy atom. The minimum absolute atomic E-state index is 0.0166. The van der Waals surface area contributed by atoms with Gasteiger partial charge in [0.05, 0.1) is 12.3 Å². The first-order valence-corrected chi connectivity index (χ1v) is 6.35. The quantitative estimate of drug-likeness (QED) is 0.580. The maximum atomic E-state index is 12.1. The van der Waals surface area contributed by atoms with Crippen LogP contribution in [0, 0.1) is 0 Å². The molecule has 94 valence electrons. The van der Waals surface area contributed by atoms with Gasteiger partial charge < -0.3 is 10.8 Å². The molecule has 17 heavy (non-hydrogen) atoms. The number of aromatic nitrogens is 2. The number of hydrogen-bond donors (Lipinski definition) is 3. The molecule has 1 amide bonds. The molecule has 2 heterocycles. The number of H-pyrrole nitrogens is 1. The Hall–Kier alpha value is -1.45. The molecule has 1 fully saturated rings. The fourth-order valence-corrected chi connectivity index (χ4v) is 3.37. The van der Waals surface area contributed by atoms with E-state index in [4.69, 9.17) is 5.73 Å². The first kappa shape index (κ1) is 12.0. The van der Waals surface area contributed by atoms with E-state index >= 15 is 0 Å². The Labute approximate surface area is 97.5 Å². The Bertz CT molecular complexity index is 512. The lowest BCUT2D eigenvalue weighted by Crippen LogP contribution is -2.43. The molecule has 0 bridgehead atoms. The standard InChI is InChI=1S/C8H12N4O4S/c9-8(14)6-3-5(13)4-12(6)17(15,16)7-1-2-10-11-7/h1-2,5-6,13H,3-4H2,(H2,9,14)(H,10,11). The maximum Gasteiger partial charge on any atom is 0.260 e. The third-order valence-corrected chi connectivity index (χ3v) is 4.43. The molecule has 0 saturated carbocycles. The molecule has 1 aliphatic heterocycles. The van der Waals surface area contributed by atoms with E-state index in [0.29, 0.717) is 0 Å². The summed E-state index contributed by atoms with van der Waals surface area (Å²) in [6.07, 6.45) is 0.423. The lowest BCUT2D eigenvalue weighted by atomic mass is 10.2. The van der Waals surface area contributed by atoms with Crippen LogP contribution in [-0.4, -0.2) is 52.6 Å². The number of carbonyl (C=O) groups excluding carboxylic acids is 1. The van der Waals surface area contributed by atoms with Gasteiger partial charge in [-0.2, -0.15) is 9.40 Å². The summed E-state index contributed by atoms with van der Waals surface area (Å²) in [6, 6.07) is 0.260. The number of β-amino-alcohol motifs (C(OH)–C–C–N with tert-alkyl or cyclic N) is 1. The Kier molecular flexibility index (Phi) is 2.89. The van der Waals surface area contributed by atoms with Crippen molar-refractivity contribution >= 4 is 15.9 Å². The molecule has 9 heteroatoms. The SMILES string of the molecule is NC(=O)C1CC(O)CN1S(=O)(=O)c1ccn[nH]1. The van der Waals surface area contributed by atoms with E-state index < -0.39 is 28.1 Å². The summed E-state index contributed by atoms with van der Waals surface area (Å²) < 4.78 is 25.1. The molecule has 0 aromatic carbocycles. The number of carbonyl (C=O) groups is 1. The van der Waals surface area contributed by atoms with Gasteiger partial charge in [0.15, 0.2) is 5.03 Å². The predicted molar refractivity (Wildman–Crippen MR) is 56.1 cm³/mol. The van der Waals surface area contributed by atoms with Gasteiger partial charge in [0.2, 0.25) is 5.91 Å². The normalized spacial score (nSPS) is 26.2. The predicted octanol–water partition coefficient (Wildman–Crippen LogP) is -1.98. The number of amides is 1. The van der Waals surface area contributed by atoms with Crippen LogP contribution >= 0.6 is 0 Å². The van der Waals surface area contributed by atoms with Crippen molar-refractivity contribution < 1.29 is 18.3 Å². The number of nitrogens with two attached hydrogens (primary N) is 1. The number of aliphatic hydroxyl groups excluding tert-OH is 1. The fourth-order valence-electron chi connectivity index (χ4n) is 1.82. The number of primary amides is 1. The highest BCUT2D eigenvalue weighted by Crippen LogP contribution is 2.24. The summed E-state index contributed by atoms with van der Waals surface area (Å²) in [7, 11) is -3.87. The van der Waals surface area contributed by atoms with Crippen molar-refractivity contribution in [2.24, 2.45) is 5.73 Å². The smallest absolute Gasteiger partial charge is 0.260 e. The average Bonchev–Trinajstić information content (AvgIpc) is 2.84. The first-order chi connectivity index (χ1) is 7.93. The Balaban J connectivity index is 2.36. The van der Waals surface area contributed by atoms with Crippen LogP contribution in [0.2, 0.25) is 0 Å². The minimum Gasteiger partial charge on any atom is -0.392 e. The zero-order valence-electron chi connectivity index (χ0n) is 8.78. The highest BCUT2D eigenvalue weighted by molar-refractivity contribution is 7.89. The van der Waals surface area contributed by atoms with Crippen LogP contribution in [0.5, 0.6) is 0 Å². The molecular formula is C8H12N4O4S. The van der Waals surface area contributed by atoms with Crippen molar-refractivity contribution in [2.75, 3.05) is 6.54 Å². The van der Waals surface area contributed by atoms with E-state index in [2.05, 4.69) is 10.2 Å². The van der Waals surface area contributed by atoms with Gasteiger partial charge in [-0.05, 0) is 6.07 Å². The second-order valence-corrected chi connectivity index (χ2v) is 5.66. The summed E-state index contributed by atoms with van der Waals surface area (Å²) in [5, 5.41) is 15.2. The van der Waals surface area contributed by atoms with Crippen LogP contribution in [0.4, 0.5) is 0 Å². The third-order valence-electron chi connectivity index (χ3n) is 2.62. The van der Waals surface area contributed by atoms with Gasteiger partial charge in [-0.1, -0.05) is 0 Å². The van der Waals surface area contributed by atoms with Crippen molar-refractivity contribution in [3.63, 3.8) is 0 Å². The molecule has 0 spiro atoms. The number of hydrogen-bond acceptors (Lipinski definition) is 5. The molecule has 2 rings (SSSR count). The summed E-state index contributed by atoms with van der Waals surface area (Å²) in [5.41, 5.74) is 5.12. The zero-order chi connectivity index (χ0) is 12.6. The molecule has 8 nitrogen and oxygen atoms in total. The van der Waals surface area contributed by atoms with Gasteiger partial charge in [-0.15, -0.1) is 0 Å². The molecule has 2 atom stereocenters. The number of sulfonamides is 1. The summed E-state index contributed by atoms with van der Waals surface area (Å²) in [6.45, 7) is -0.144. The molecule has 1 aromatic heterocycles. The van der Waals surface area contributed by atoms with Crippen LogP contribution in [-0.2, 0) is 14.8 Å². The van der Waals surface area contributed by atoms with E-state index in [1.165, 1.54) is 12.3 Å². The van der Waals surface area contributed by atoms with E-state index in [0.717, 1.165) is 4.31 Å². The molecular weight excluding hydrogens is 248 g/mol. The fraction of sp³-hybridized carbons (Fsp3) is 0.500. The average molecular weight is 260 g/mol. The van der Waals surface area contributed by atoms with Crippen LogP contribution in [0.1, 0.15) is 6.42 Å². The van der Waals surface area contributed by atoms with Crippen LogP contribution in [0.15, 0.2) is 17.3 Å². The van der Waals surface area contributed by atoms with Crippen molar-refractivity contribution in [2.45, 2.75) is 23.6 Å². The van der Waals surface area contributed by atoms with Crippen molar-refractivity contribution in [3.8, 4) is 0 Å². The van der Waals surface area contributed by atoms with E-state index in [1.807, 2.05) is 0 Å². The third kappa shape index (κ3) is 2.04. The molecule has 1 saturated heterocycles. The maximum absolute atomic E-state index is 12.1. The molecule has 4 N–H and O–H groups in total. The van der Waals surface area contributed by atoms with Crippen molar-refractivity contribution in [3.05, 3.63) is 12.3 Å². The Morgan fingerprint density at radius 3 is 2.88 bits per heavy atom. The van der Waals surface area contributed by atoms with E-state index in [9.17, 15) is 18.3 Å². The monoisotopic (exact) mass is 260 g/mol. The number of nitrogens with zero attached hydrogens (tertiary/aromatic N) is 2. The zero-order valence-corrected chi connectivity index (χ0v) is 9.59. The van der Waals surface area contributed by atoms with Crippen LogP contribution in [0.25, 0.3) is 0 Å². The lowest BCUT2D eigenvalue weighted by Gasteiger charge is -2.19. The Morgan fingerprint density at radius 1 is 1.65 bits per heavy atom. The number of aliphatic hydroxyl groups is 1. The highest BCUT2D eigenvalue weighted by atomic mass is 32.2. The highest BCUT2D eigenvalue weighted by Gasteiger charge is 2.43. The number of rotatable bonds is 3. The van der Waals surface area contributed by atoms with Crippen LogP contribution < -0.4 is 5.73 Å². The topological polar surface area (TPSA) is 129 Å². The molecule has 1 aliphatic rings. The number of nitrogens with one attached hydrogen (secondary N) is 1. The van der Waals surface area contributed by atoms with E-state index in [-0.39, 0.29) is 18.0 Å². The van der Waals surface area contributed by atoms with Gasteiger partial charge in [0.25, 0.3) is 10.0 Å². The summed E-state index contributed by atoms with van der Waals surface area (Å²) >= 11 is 0. The van der Waals surface area contributed by atoms with E-state index in [1.54, 1.807) is 0 Å². The van der Waals surface area contributed by atoms with Gasteiger partial charge in [0, 0.05) is 13.0 Å². The molecule has 0 radical (unpaired) electrons. The van der Waals surface area contributed by atoms with Crippen molar-refractivity contribution in [1.29, 1.82) is 0 Å². The second kappa shape index (κ2) is 4.09. The molecule has 1 aromatic rings. The number of aromatic amines is 1. The molecule has 0 aliphatic carbocycles. The van der Waals surface area contributed by atoms with Gasteiger partial charge in [0.1, 0.15) is 6.04 Å². The molecule has 2 unspecified atom stereocenters. The van der Waals surface area contributed by atoms with Gasteiger partial charge in [-0.25, -0.2) is 8.42 Å². The van der Waals surface area contributed by atoms with Gasteiger partial charge >= 0.3 is 0 Å². The first-order valence-electron chi connectivity index (χ1n) is 4.91. The van der Waals surface area contributed by atoms with Crippen LogP contribution in [0.3, 0.4) is 0 Å². The van der Waals surface area contributed by atoms with Gasteiger partial charge in [-0.3, -0.25) is 9.89 Å². The summed E-state index contributed by atoms with van der Waals surface area (Å²) in [4.78, 5) is 11.2. The van der Waals surface area contributed by atoms with Crippen molar-refractivity contribution in [1.82, 2.24) is 14.5 Å².